The Labute approximate surface area is 251 Å². The molecule has 2 heteroatoms. The average molecular weight is 558 g/mol. The van der Waals surface area contributed by atoms with Crippen molar-refractivity contribution in [1.29, 1.82) is 0 Å². The zero-order valence-electron chi connectivity index (χ0n) is 27.3. The Kier molecular flexibility index (Phi) is 14.4. The number of aryl methyl sites for hydroxylation is 2. The van der Waals surface area contributed by atoms with E-state index >= 15 is 0 Å². The van der Waals surface area contributed by atoms with Gasteiger partial charge in [-0.05, 0) is 103 Å². The van der Waals surface area contributed by atoms with E-state index in [0.29, 0.717) is 11.0 Å². The second-order valence-corrected chi connectivity index (χ2v) is 12.1. The quantitative estimate of drug-likeness (QED) is 0.208. The second-order valence-electron chi connectivity index (χ2n) is 12.1. The molecule has 3 aromatic rings. The van der Waals surface area contributed by atoms with Crippen molar-refractivity contribution in [2.24, 2.45) is 5.92 Å². The van der Waals surface area contributed by atoms with E-state index in [1.54, 1.807) is 19.1 Å². The molecular formula is C39H56FN. The van der Waals surface area contributed by atoms with Crippen LogP contribution in [0.5, 0.6) is 0 Å². The standard InChI is InChI=1S/C28H42.C11H14FN/c1-7-12-24(9-3)14-11-21-28(6,20-8-2)26-18-16-25(17-19-26)27-15-10-13-22(4)23(27)5;1-4-9(3)13-10-5-6-11(12)8(2)7-10/h10,13,15-19,24H,7-9,11-12,14,20-21H2,1-6H3;5-7,13H,3-4H2,1-2H3. The van der Waals surface area contributed by atoms with E-state index in [9.17, 15) is 4.39 Å². The summed E-state index contributed by atoms with van der Waals surface area (Å²) in [5.41, 5.74) is 9.78. The van der Waals surface area contributed by atoms with Crippen LogP contribution in [0.4, 0.5) is 10.1 Å². The molecule has 0 radical (unpaired) electrons. The number of rotatable bonds is 14. The normalized spacial score (nSPS) is 13.1. The molecule has 0 spiro atoms. The van der Waals surface area contributed by atoms with Crippen molar-refractivity contribution in [3.05, 3.63) is 101 Å². The maximum Gasteiger partial charge on any atom is 0.126 e. The molecule has 0 saturated carbocycles. The molecule has 0 aromatic heterocycles. The van der Waals surface area contributed by atoms with Crippen LogP contribution < -0.4 is 5.32 Å². The number of hydrogen-bond donors (Lipinski definition) is 1. The summed E-state index contributed by atoms with van der Waals surface area (Å²) in [5, 5.41) is 3.10. The van der Waals surface area contributed by atoms with E-state index in [1.165, 1.54) is 85.3 Å². The van der Waals surface area contributed by atoms with E-state index in [2.05, 4.69) is 95.9 Å². The highest BCUT2D eigenvalue weighted by molar-refractivity contribution is 5.68. The Balaban J connectivity index is 0.000000377. The molecule has 0 bridgehead atoms. The minimum atomic E-state index is -0.173. The summed E-state index contributed by atoms with van der Waals surface area (Å²) < 4.78 is 12.9. The Bertz CT molecular complexity index is 1210. The van der Waals surface area contributed by atoms with Crippen LogP contribution in [0.15, 0.2) is 72.9 Å². The van der Waals surface area contributed by atoms with Crippen LogP contribution in [0.3, 0.4) is 0 Å². The van der Waals surface area contributed by atoms with Crippen LogP contribution in [0.2, 0.25) is 0 Å². The van der Waals surface area contributed by atoms with Crippen molar-refractivity contribution in [2.45, 2.75) is 119 Å². The van der Waals surface area contributed by atoms with Crippen LogP contribution in [0.25, 0.3) is 11.1 Å². The summed E-state index contributed by atoms with van der Waals surface area (Å²) in [6, 6.07) is 21.1. The molecule has 1 N–H and O–H groups in total. The molecule has 0 fully saturated rings. The van der Waals surface area contributed by atoms with Crippen molar-refractivity contribution in [1.82, 2.24) is 0 Å². The predicted octanol–water partition coefficient (Wildman–Crippen LogP) is 12.5. The number of nitrogens with one attached hydrogen (secondary N) is 1. The number of allylic oxidation sites excluding steroid dienone is 1. The number of benzene rings is 3. The minimum Gasteiger partial charge on any atom is -0.359 e. The first-order valence-electron chi connectivity index (χ1n) is 16.0. The fourth-order valence-electron chi connectivity index (χ4n) is 5.84. The molecule has 2 unspecified atom stereocenters. The first-order valence-corrected chi connectivity index (χ1v) is 16.0. The Morgan fingerprint density at radius 2 is 1.56 bits per heavy atom. The highest BCUT2D eigenvalue weighted by Gasteiger charge is 2.25. The highest BCUT2D eigenvalue weighted by atomic mass is 19.1. The summed E-state index contributed by atoms with van der Waals surface area (Å²) >= 11 is 0. The van der Waals surface area contributed by atoms with Crippen LogP contribution in [-0.2, 0) is 5.41 Å². The molecule has 0 aliphatic carbocycles. The molecule has 3 aromatic carbocycles. The van der Waals surface area contributed by atoms with Gasteiger partial charge in [0.25, 0.3) is 0 Å². The lowest BCUT2D eigenvalue weighted by Gasteiger charge is -2.31. The van der Waals surface area contributed by atoms with E-state index in [4.69, 9.17) is 0 Å². The third-order valence-electron chi connectivity index (χ3n) is 8.82. The van der Waals surface area contributed by atoms with Crippen LogP contribution >= 0.6 is 0 Å². The second kappa shape index (κ2) is 17.2. The molecule has 224 valence electrons. The van der Waals surface area contributed by atoms with Gasteiger partial charge in [0.05, 0.1) is 0 Å². The molecule has 41 heavy (non-hydrogen) atoms. The average Bonchev–Trinajstić information content (AvgIpc) is 2.96. The molecule has 2 atom stereocenters. The summed E-state index contributed by atoms with van der Waals surface area (Å²) in [6.45, 7) is 21.5. The van der Waals surface area contributed by atoms with E-state index in [0.717, 1.165) is 23.7 Å². The fraction of sp³-hybridized carbons (Fsp3) is 0.487. The molecule has 0 amide bonds. The molecule has 0 saturated heterocycles. The minimum absolute atomic E-state index is 0.173. The van der Waals surface area contributed by atoms with Gasteiger partial charge >= 0.3 is 0 Å². The Hall–Kier alpha value is -2.87. The zero-order valence-corrected chi connectivity index (χ0v) is 27.3. The molecule has 0 aliphatic rings. The lowest BCUT2D eigenvalue weighted by atomic mass is 9.74. The van der Waals surface area contributed by atoms with Gasteiger partial charge in [-0.25, -0.2) is 4.39 Å². The SMILES string of the molecule is C=C(CC)Nc1ccc(F)c(C)c1.CCCC(CC)CCCC(C)(CCC)c1ccc(-c2cccc(C)c2C)cc1. The summed E-state index contributed by atoms with van der Waals surface area (Å²) in [6.07, 6.45) is 11.5. The van der Waals surface area contributed by atoms with E-state index in [1.807, 2.05) is 6.92 Å². The number of hydrogen-bond acceptors (Lipinski definition) is 1. The van der Waals surface area contributed by atoms with Crippen molar-refractivity contribution >= 4 is 5.69 Å². The van der Waals surface area contributed by atoms with Gasteiger partial charge in [-0.15, -0.1) is 0 Å². The third-order valence-corrected chi connectivity index (χ3v) is 8.82. The molecule has 1 nitrogen and oxygen atoms in total. The van der Waals surface area contributed by atoms with Gasteiger partial charge < -0.3 is 5.32 Å². The lowest BCUT2D eigenvalue weighted by molar-refractivity contribution is 0.342. The maximum atomic E-state index is 12.9. The van der Waals surface area contributed by atoms with Gasteiger partial charge in [-0.1, -0.05) is 122 Å². The topological polar surface area (TPSA) is 12.0 Å². The first-order chi connectivity index (χ1) is 19.6. The van der Waals surface area contributed by atoms with Gasteiger partial charge in [-0.2, -0.15) is 0 Å². The van der Waals surface area contributed by atoms with Gasteiger partial charge in [-0.3, -0.25) is 0 Å². The van der Waals surface area contributed by atoms with E-state index < -0.39 is 0 Å². The summed E-state index contributed by atoms with van der Waals surface area (Å²) in [5.74, 6) is 0.746. The lowest BCUT2D eigenvalue weighted by Crippen LogP contribution is -2.22. The summed E-state index contributed by atoms with van der Waals surface area (Å²) in [4.78, 5) is 0. The van der Waals surface area contributed by atoms with Crippen LogP contribution in [-0.4, -0.2) is 0 Å². The third kappa shape index (κ3) is 10.5. The van der Waals surface area contributed by atoms with Crippen molar-refractivity contribution in [2.75, 3.05) is 5.32 Å². The van der Waals surface area contributed by atoms with Gasteiger partial charge in [0, 0.05) is 11.4 Å². The van der Waals surface area contributed by atoms with Gasteiger partial charge in [0.2, 0.25) is 0 Å². The molecule has 3 rings (SSSR count). The Morgan fingerprint density at radius 3 is 2.15 bits per heavy atom. The number of anilines is 1. The zero-order chi connectivity index (χ0) is 30.4. The van der Waals surface area contributed by atoms with E-state index in [-0.39, 0.29) is 5.82 Å². The smallest absolute Gasteiger partial charge is 0.126 e. The predicted molar refractivity (Wildman–Crippen MR) is 180 cm³/mol. The largest absolute Gasteiger partial charge is 0.359 e. The highest BCUT2D eigenvalue weighted by Crippen LogP contribution is 2.37. The van der Waals surface area contributed by atoms with Crippen molar-refractivity contribution in [3.63, 3.8) is 0 Å². The monoisotopic (exact) mass is 557 g/mol. The maximum absolute atomic E-state index is 12.9. The molecular weight excluding hydrogens is 501 g/mol. The van der Waals surface area contributed by atoms with Crippen molar-refractivity contribution < 1.29 is 4.39 Å². The number of halogens is 1. The Morgan fingerprint density at radius 1 is 0.854 bits per heavy atom. The van der Waals surface area contributed by atoms with Crippen LogP contribution in [0, 0.1) is 32.5 Å². The van der Waals surface area contributed by atoms with Crippen molar-refractivity contribution in [3.8, 4) is 11.1 Å². The summed E-state index contributed by atoms with van der Waals surface area (Å²) in [7, 11) is 0. The fourth-order valence-corrected chi connectivity index (χ4v) is 5.84. The van der Waals surface area contributed by atoms with Crippen LogP contribution in [0.1, 0.15) is 115 Å². The molecule has 0 aliphatic heterocycles. The first kappa shape index (κ1) is 34.3. The van der Waals surface area contributed by atoms with Gasteiger partial charge in [0.1, 0.15) is 5.82 Å². The molecule has 0 heterocycles. The van der Waals surface area contributed by atoms with Gasteiger partial charge in [0.15, 0.2) is 0 Å².